The number of halogens is 2. The predicted octanol–water partition coefficient (Wildman–Crippen LogP) is 1.61. The second-order valence-electron chi connectivity index (χ2n) is 7.30. The number of carbonyl (C=O) groups excluding carboxylic acids is 2. The molecule has 0 bridgehead atoms. The van der Waals surface area contributed by atoms with E-state index in [1.807, 2.05) is 6.07 Å². The van der Waals surface area contributed by atoms with Crippen LogP contribution in [0, 0.1) is 5.82 Å². The number of H-pyrrole nitrogens is 1. The number of hydrogen-bond acceptors (Lipinski definition) is 5. The molecule has 30 heavy (non-hydrogen) atoms. The normalized spacial score (nSPS) is 18.2. The lowest BCUT2D eigenvalue weighted by atomic mass is 9.98. The maximum atomic E-state index is 14.9. The summed E-state index contributed by atoms with van der Waals surface area (Å²) in [7, 11) is 0. The van der Waals surface area contributed by atoms with Crippen LogP contribution in [-0.2, 0) is 17.8 Å². The second-order valence-corrected chi connectivity index (χ2v) is 7.30. The Morgan fingerprint density at radius 1 is 1.20 bits per heavy atom. The van der Waals surface area contributed by atoms with Crippen LogP contribution in [-0.4, -0.2) is 46.0 Å². The van der Waals surface area contributed by atoms with Crippen molar-refractivity contribution < 1.29 is 14.0 Å². The molecule has 1 aromatic carbocycles. The molecule has 0 aliphatic carbocycles. The Kier molecular flexibility index (Phi) is 6.84. The number of anilines is 1. The molecule has 2 aliphatic rings. The molecule has 3 heterocycles. The fraction of sp³-hybridized carbons (Fsp3) is 0.400. The number of nitrogens with one attached hydrogen (secondary N) is 3. The third kappa shape index (κ3) is 4.36. The quantitative estimate of drug-likeness (QED) is 0.679. The van der Waals surface area contributed by atoms with Crippen molar-refractivity contribution in [1.29, 1.82) is 0 Å². The van der Waals surface area contributed by atoms with E-state index in [-0.39, 0.29) is 23.8 Å². The van der Waals surface area contributed by atoms with Gasteiger partial charge in [0.25, 0.3) is 11.5 Å². The van der Waals surface area contributed by atoms with E-state index < -0.39 is 29.2 Å². The molecule has 2 aromatic rings. The van der Waals surface area contributed by atoms with Crippen molar-refractivity contribution in [2.24, 2.45) is 0 Å². The minimum absolute atomic E-state index is 0. The average molecular weight is 436 g/mol. The van der Waals surface area contributed by atoms with Crippen molar-refractivity contribution in [3.8, 4) is 0 Å². The highest BCUT2D eigenvalue weighted by atomic mass is 35.5. The summed E-state index contributed by atoms with van der Waals surface area (Å²) in [4.78, 5) is 38.4. The van der Waals surface area contributed by atoms with Crippen molar-refractivity contribution in [2.45, 2.75) is 38.3 Å². The van der Waals surface area contributed by atoms with Crippen LogP contribution in [0.25, 0.3) is 0 Å². The van der Waals surface area contributed by atoms with E-state index in [9.17, 15) is 18.8 Å². The highest BCUT2D eigenvalue weighted by Crippen LogP contribution is 2.26. The summed E-state index contributed by atoms with van der Waals surface area (Å²) in [5.41, 5.74) is 1.31. The highest BCUT2D eigenvalue weighted by molar-refractivity contribution is 6.00. The summed E-state index contributed by atoms with van der Waals surface area (Å²) < 4.78 is 14.9. The van der Waals surface area contributed by atoms with E-state index in [1.54, 1.807) is 6.07 Å². The van der Waals surface area contributed by atoms with Crippen LogP contribution >= 0.6 is 12.4 Å². The van der Waals surface area contributed by atoms with Gasteiger partial charge in [-0.1, -0.05) is 6.07 Å². The van der Waals surface area contributed by atoms with Crippen molar-refractivity contribution in [2.75, 3.05) is 18.4 Å². The number of nitrogens with zero attached hydrogens (tertiary/aromatic N) is 2. The van der Waals surface area contributed by atoms with E-state index in [1.165, 1.54) is 17.0 Å². The molecule has 1 saturated heterocycles. The molecule has 1 fully saturated rings. The van der Waals surface area contributed by atoms with Crippen LogP contribution in [0.1, 0.15) is 40.9 Å². The third-order valence-electron chi connectivity index (χ3n) is 5.43. The first-order valence-corrected chi connectivity index (χ1v) is 9.73. The van der Waals surface area contributed by atoms with Gasteiger partial charge in [0.1, 0.15) is 17.6 Å². The van der Waals surface area contributed by atoms with E-state index in [4.69, 9.17) is 0 Å². The van der Waals surface area contributed by atoms with Gasteiger partial charge in [-0.25, -0.2) is 9.49 Å². The second kappa shape index (κ2) is 9.36. The Hall–Kier alpha value is -2.78. The molecule has 2 aliphatic heterocycles. The van der Waals surface area contributed by atoms with Crippen molar-refractivity contribution >= 4 is 29.9 Å². The van der Waals surface area contributed by atoms with E-state index in [0.29, 0.717) is 38.0 Å². The molecule has 10 heteroatoms. The number of aromatic amines is 1. The number of piperidine rings is 1. The maximum absolute atomic E-state index is 14.9. The van der Waals surface area contributed by atoms with E-state index >= 15 is 0 Å². The summed E-state index contributed by atoms with van der Waals surface area (Å²) in [6, 6.07) is 5.21. The molecule has 1 unspecified atom stereocenters. The molecular formula is C20H23ClFN5O3. The van der Waals surface area contributed by atoms with Crippen LogP contribution in [0.4, 0.5) is 10.1 Å². The number of likely N-dealkylation sites (tertiary alicyclic amines) is 1. The summed E-state index contributed by atoms with van der Waals surface area (Å²) in [6.45, 7) is 1.70. The first kappa shape index (κ1) is 21.9. The predicted molar refractivity (Wildman–Crippen MR) is 111 cm³/mol. The van der Waals surface area contributed by atoms with Crippen molar-refractivity contribution in [3.05, 3.63) is 57.3 Å². The first-order valence-electron chi connectivity index (χ1n) is 9.73. The largest absolute Gasteiger partial charge is 0.325 e. The molecule has 3 N–H and O–H groups in total. The van der Waals surface area contributed by atoms with Crippen molar-refractivity contribution in [1.82, 2.24) is 20.4 Å². The molecule has 4 rings (SSSR count). The van der Waals surface area contributed by atoms with Gasteiger partial charge < -0.3 is 15.5 Å². The Morgan fingerprint density at radius 2 is 2.03 bits per heavy atom. The number of hydrogen-bond donors (Lipinski definition) is 3. The first-order chi connectivity index (χ1) is 14.0. The monoisotopic (exact) mass is 435 g/mol. The third-order valence-corrected chi connectivity index (χ3v) is 5.43. The molecule has 0 spiro atoms. The van der Waals surface area contributed by atoms with Crippen LogP contribution in [0.5, 0.6) is 0 Å². The molecular weight excluding hydrogens is 413 g/mol. The average Bonchev–Trinajstić information content (AvgIpc) is 2.76. The van der Waals surface area contributed by atoms with E-state index in [0.717, 1.165) is 18.4 Å². The Bertz CT molecular complexity index is 992. The summed E-state index contributed by atoms with van der Waals surface area (Å²) in [5.74, 6) is -1.26. The Balaban J connectivity index is 0.00000256. The van der Waals surface area contributed by atoms with Crippen LogP contribution < -0.4 is 16.2 Å². The van der Waals surface area contributed by atoms with Gasteiger partial charge in [-0.15, -0.1) is 12.4 Å². The SMILES string of the molecule is Cl.O=C(Nc1ccc2c(c1F)CCNC2)C1CCCCN1C(=O)c1ccc(=O)[nH]n1. The highest BCUT2D eigenvalue weighted by Gasteiger charge is 2.34. The zero-order chi connectivity index (χ0) is 20.4. The Morgan fingerprint density at radius 3 is 2.80 bits per heavy atom. The van der Waals surface area contributed by atoms with Crippen LogP contribution in [0.15, 0.2) is 29.1 Å². The van der Waals surface area contributed by atoms with Crippen LogP contribution in [0.3, 0.4) is 0 Å². The molecule has 1 aromatic heterocycles. The lowest BCUT2D eigenvalue weighted by Crippen LogP contribution is -2.50. The van der Waals surface area contributed by atoms with Crippen molar-refractivity contribution in [3.63, 3.8) is 0 Å². The molecule has 0 saturated carbocycles. The minimum Gasteiger partial charge on any atom is -0.325 e. The zero-order valence-corrected chi connectivity index (χ0v) is 17.1. The fourth-order valence-electron chi connectivity index (χ4n) is 3.90. The lowest BCUT2D eigenvalue weighted by molar-refractivity contribution is -0.121. The number of carbonyl (C=O) groups is 2. The lowest BCUT2D eigenvalue weighted by Gasteiger charge is -2.34. The number of aromatic nitrogens is 2. The van der Waals surface area contributed by atoms with Gasteiger partial charge in [0, 0.05) is 19.2 Å². The summed E-state index contributed by atoms with van der Waals surface area (Å²) >= 11 is 0. The van der Waals surface area contributed by atoms with Gasteiger partial charge >= 0.3 is 0 Å². The Labute approximate surface area is 178 Å². The number of amides is 2. The van der Waals surface area contributed by atoms with Gasteiger partial charge in [-0.3, -0.25) is 14.4 Å². The summed E-state index contributed by atoms with van der Waals surface area (Å²) in [5, 5.41) is 11.9. The number of fused-ring (bicyclic) bond motifs is 1. The van der Waals surface area contributed by atoms with Gasteiger partial charge in [0.05, 0.1) is 5.69 Å². The molecule has 2 amide bonds. The van der Waals surface area contributed by atoms with Gasteiger partial charge in [-0.2, -0.15) is 5.10 Å². The topological polar surface area (TPSA) is 107 Å². The summed E-state index contributed by atoms with van der Waals surface area (Å²) in [6.07, 6.45) is 2.60. The number of benzene rings is 1. The minimum atomic E-state index is -0.720. The smallest absolute Gasteiger partial charge is 0.274 e. The molecule has 160 valence electrons. The maximum Gasteiger partial charge on any atom is 0.274 e. The van der Waals surface area contributed by atoms with Gasteiger partial charge in [0.2, 0.25) is 5.91 Å². The molecule has 8 nitrogen and oxygen atoms in total. The van der Waals surface area contributed by atoms with Gasteiger partial charge in [0.15, 0.2) is 0 Å². The van der Waals surface area contributed by atoms with Gasteiger partial charge in [-0.05, 0) is 55.5 Å². The fourth-order valence-corrected chi connectivity index (χ4v) is 3.90. The molecule has 0 radical (unpaired) electrons. The zero-order valence-electron chi connectivity index (χ0n) is 16.2. The number of rotatable bonds is 3. The van der Waals surface area contributed by atoms with Crippen LogP contribution in [0.2, 0.25) is 0 Å². The standard InChI is InChI=1S/C20H22FN5O3.ClH/c21-18-13-8-9-22-11-12(13)4-5-14(18)23-19(28)16-3-1-2-10-26(16)20(29)15-6-7-17(27)25-24-15;/h4-7,16,22H,1-3,8-11H2,(H,23,28)(H,25,27);1H. The van der Waals surface area contributed by atoms with E-state index in [2.05, 4.69) is 20.8 Å². The molecule has 1 atom stereocenters.